The molecule has 2 N–H and O–H groups in total. The number of benzene rings is 4. The number of aromatic nitrogens is 6. The first-order valence-electron chi connectivity index (χ1n) is 14.9. The van der Waals surface area contributed by atoms with Gasteiger partial charge < -0.3 is 10.2 Å². The average molecular weight is 630 g/mol. The molecular weight excluding hydrogens is 595 g/mol. The maximum Gasteiger partial charge on any atom is 0.146 e. The molecule has 0 aliphatic carbocycles. The summed E-state index contributed by atoms with van der Waals surface area (Å²) in [6.45, 7) is 6.16. The van der Waals surface area contributed by atoms with Crippen LogP contribution in [-0.4, -0.2) is 40.2 Å². The zero-order valence-electron chi connectivity index (χ0n) is 24.9. The summed E-state index contributed by atoms with van der Waals surface area (Å²) in [7, 11) is 0. The Labute approximate surface area is 265 Å². The zero-order chi connectivity index (χ0) is 31.0. The van der Waals surface area contributed by atoms with Crippen LogP contribution in [0, 0.1) is 13.8 Å². The van der Waals surface area contributed by atoms with Crippen molar-refractivity contribution in [1.29, 1.82) is 0 Å². The van der Waals surface area contributed by atoms with Crippen molar-refractivity contribution in [3.63, 3.8) is 0 Å². The molecule has 4 aromatic carbocycles. The molecular formula is C34H34Cl2N6O2. The Balaban J connectivity index is 1.48. The summed E-state index contributed by atoms with van der Waals surface area (Å²) in [6, 6.07) is 18.3. The highest BCUT2D eigenvalue weighted by molar-refractivity contribution is 6.31. The molecule has 6 aromatic rings. The van der Waals surface area contributed by atoms with Crippen LogP contribution < -0.4 is 0 Å². The minimum atomic E-state index is -0.312. The fraction of sp³-hybridized carbons (Fsp3) is 0.294. The van der Waals surface area contributed by atoms with Gasteiger partial charge in [-0.15, -0.1) is 30.0 Å². The summed E-state index contributed by atoms with van der Waals surface area (Å²) in [5.41, 5.74) is 6.82. The minimum Gasteiger partial charge on any atom is -0.505 e. The first-order chi connectivity index (χ1) is 21.2. The summed E-state index contributed by atoms with van der Waals surface area (Å²) < 4.78 is 0. The van der Waals surface area contributed by atoms with Crippen molar-refractivity contribution in [2.24, 2.45) is 0 Å². The Hall–Kier alpha value is -4.14. The molecule has 10 heteroatoms. The van der Waals surface area contributed by atoms with Gasteiger partial charge in [0, 0.05) is 27.1 Å². The molecule has 2 aromatic heterocycles. The monoisotopic (exact) mass is 628 g/mol. The standard InChI is InChI=1S/C34H34Cl2N6O2/c1-4-5-6-7-8-9-24(25-14-20(2)16-31(33(25)43)41-37-27-12-10-22(35)18-29(27)39-41)26-15-21(3)17-32(34(26)44)42-38-28-13-11-23(36)19-30(28)40-42/h10-19,24,43-44H,4-9H2,1-3H3. The summed E-state index contributed by atoms with van der Waals surface area (Å²) in [5.74, 6) is -0.172. The van der Waals surface area contributed by atoms with E-state index < -0.39 is 0 Å². The predicted octanol–water partition coefficient (Wildman–Crippen LogP) is 8.98. The fourth-order valence-corrected chi connectivity index (χ4v) is 6.16. The van der Waals surface area contributed by atoms with Crippen molar-refractivity contribution in [1.82, 2.24) is 30.0 Å². The average Bonchev–Trinajstić information content (AvgIpc) is 3.61. The lowest BCUT2D eigenvalue weighted by molar-refractivity contribution is 0.440. The molecule has 226 valence electrons. The Morgan fingerprint density at radius 1 is 0.614 bits per heavy atom. The van der Waals surface area contributed by atoms with Crippen molar-refractivity contribution in [3.05, 3.63) is 93.0 Å². The lowest BCUT2D eigenvalue weighted by Gasteiger charge is -2.23. The summed E-state index contributed by atoms with van der Waals surface area (Å²) in [4.78, 5) is 2.91. The molecule has 0 unspecified atom stereocenters. The minimum absolute atomic E-state index is 0.0700. The molecule has 0 saturated carbocycles. The SMILES string of the molecule is CCCCCCCC(c1cc(C)cc(-n2nc3ccc(Cl)cc3n2)c1O)c1cc(C)cc(-n2nc3ccc(Cl)cc3n2)c1O. The lowest BCUT2D eigenvalue weighted by atomic mass is 9.83. The number of hydrogen-bond acceptors (Lipinski definition) is 6. The second kappa shape index (κ2) is 12.5. The van der Waals surface area contributed by atoms with Gasteiger partial charge in [0.05, 0.1) is 0 Å². The molecule has 0 fully saturated rings. The van der Waals surface area contributed by atoms with Crippen molar-refractivity contribution in [2.75, 3.05) is 0 Å². The van der Waals surface area contributed by atoms with E-state index in [1.807, 2.05) is 38.1 Å². The third-order valence-electron chi connectivity index (χ3n) is 7.99. The van der Waals surface area contributed by atoms with E-state index in [0.717, 1.165) is 43.2 Å². The molecule has 0 spiro atoms. The van der Waals surface area contributed by atoms with Gasteiger partial charge in [-0.25, -0.2) is 0 Å². The molecule has 0 amide bonds. The second-order valence-corrected chi connectivity index (χ2v) is 12.3. The summed E-state index contributed by atoms with van der Waals surface area (Å²) >= 11 is 12.4. The van der Waals surface area contributed by atoms with E-state index >= 15 is 0 Å². The number of aromatic hydroxyl groups is 2. The first-order valence-corrected chi connectivity index (χ1v) is 15.7. The van der Waals surface area contributed by atoms with Crippen LogP contribution >= 0.6 is 23.2 Å². The number of rotatable bonds is 10. The highest BCUT2D eigenvalue weighted by Crippen LogP contribution is 2.44. The van der Waals surface area contributed by atoms with Gasteiger partial charge in [-0.05, 0) is 79.9 Å². The summed E-state index contributed by atoms with van der Waals surface area (Å²) in [5, 5.41) is 43.3. The largest absolute Gasteiger partial charge is 0.505 e. The van der Waals surface area contributed by atoms with Crippen molar-refractivity contribution in [3.8, 4) is 22.9 Å². The number of hydrogen-bond donors (Lipinski definition) is 2. The highest BCUT2D eigenvalue weighted by Gasteiger charge is 2.26. The molecule has 0 radical (unpaired) electrons. The second-order valence-electron chi connectivity index (χ2n) is 11.4. The molecule has 0 aliphatic rings. The number of aryl methyl sites for hydroxylation is 2. The number of unbranched alkanes of at least 4 members (excludes halogenated alkanes) is 4. The van der Waals surface area contributed by atoms with E-state index in [0.29, 0.717) is 54.6 Å². The number of fused-ring (bicyclic) bond motifs is 2. The normalized spacial score (nSPS) is 11.8. The molecule has 8 nitrogen and oxygen atoms in total. The van der Waals surface area contributed by atoms with E-state index in [-0.39, 0.29) is 17.4 Å². The molecule has 2 heterocycles. The van der Waals surface area contributed by atoms with Gasteiger partial charge in [0.1, 0.15) is 44.9 Å². The van der Waals surface area contributed by atoms with Crippen LogP contribution in [0.4, 0.5) is 0 Å². The molecule has 0 aliphatic heterocycles. The van der Waals surface area contributed by atoms with Crippen LogP contribution in [0.5, 0.6) is 11.5 Å². The Bertz CT molecular complexity index is 1850. The lowest BCUT2D eigenvalue weighted by Crippen LogP contribution is -2.09. The van der Waals surface area contributed by atoms with E-state index in [2.05, 4.69) is 27.3 Å². The molecule has 6 rings (SSSR count). The topological polar surface area (TPSA) is 102 Å². The Morgan fingerprint density at radius 3 is 1.55 bits per heavy atom. The van der Waals surface area contributed by atoms with Crippen LogP contribution in [0.25, 0.3) is 33.4 Å². The van der Waals surface area contributed by atoms with Crippen molar-refractivity contribution in [2.45, 2.75) is 65.2 Å². The van der Waals surface area contributed by atoms with Gasteiger partial charge in [0.2, 0.25) is 0 Å². The van der Waals surface area contributed by atoms with Gasteiger partial charge in [0.15, 0.2) is 0 Å². The molecule has 44 heavy (non-hydrogen) atoms. The number of phenolic OH excluding ortho intramolecular Hbond substituents is 2. The number of phenols is 2. The van der Waals surface area contributed by atoms with E-state index in [4.69, 9.17) is 23.2 Å². The van der Waals surface area contributed by atoms with Crippen LogP contribution in [0.1, 0.15) is 73.6 Å². The zero-order valence-corrected chi connectivity index (χ0v) is 26.4. The van der Waals surface area contributed by atoms with Gasteiger partial charge in [0.25, 0.3) is 0 Å². The first kappa shape index (κ1) is 29.9. The Kier molecular flexibility index (Phi) is 8.47. The van der Waals surface area contributed by atoms with Gasteiger partial charge in [-0.2, -0.15) is 0 Å². The van der Waals surface area contributed by atoms with Crippen molar-refractivity contribution < 1.29 is 10.2 Å². The number of nitrogens with zero attached hydrogens (tertiary/aromatic N) is 6. The quantitative estimate of drug-likeness (QED) is 0.147. The van der Waals surface area contributed by atoms with Crippen LogP contribution in [0.3, 0.4) is 0 Å². The van der Waals surface area contributed by atoms with E-state index in [1.165, 1.54) is 16.0 Å². The van der Waals surface area contributed by atoms with Crippen molar-refractivity contribution >= 4 is 45.3 Å². The highest BCUT2D eigenvalue weighted by atomic mass is 35.5. The smallest absolute Gasteiger partial charge is 0.146 e. The molecule has 0 atom stereocenters. The number of halogens is 2. The van der Waals surface area contributed by atoms with Crippen LogP contribution in [0.2, 0.25) is 10.0 Å². The predicted molar refractivity (Wildman–Crippen MR) is 176 cm³/mol. The van der Waals surface area contributed by atoms with Gasteiger partial charge in [-0.3, -0.25) is 0 Å². The van der Waals surface area contributed by atoms with Gasteiger partial charge in [-0.1, -0.05) is 74.4 Å². The van der Waals surface area contributed by atoms with Gasteiger partial charge >= 0.3 is 0 Å². The van der Waals surface area contributed by atoms with E-state index in [9.17, 15) is 10.2 Å². The summed E-state index contributed by atoms with van der Waals surface area (Å²) in [6.07, 6.45) is 6.18. The fourth-order valence-electron chi connectivity index (χ4n) is 5.83. The van der Waals surface area contributed by atoms with E-state index in [1.54, 1.807) is 36.4 Å². The third-order valence-corrected chi connectivity index (χ3v) is 8.46. The van der Waals surface area contributed by atoms with Crippen LogP contribution in [0.15, 0.2) is 60.7 Å². The maximum atomic E-state index is 11.8. The molecule has 0 bridgehead atoms. The Morgan fingerprint density at radius 2 is 1.07 bits per heavy atom. The molecule has 0 saturated heterocycles. The van der Waals surface area contributed by atoms with Crippen LogP contribution in [-0.2, 0) is 0 Å². The maximum absolute atomic E-state index is 11.8. The third kappa shape index (κ3) is 5.97.